The van der Waals surface area contributed by atoms with Gasteiger partial charge in [-0.15, -0.1) is 0 Å². The highest BCUT2D eigenvalue weighted by Gasteiger charge is 2.27. The zero-order valence-corrected chi connectivity index (χ0v) is 20.4. The van der Waals surface area contributed by atoms with Gasteiger partial charge < -0.3 is 14.8 Å². The Morgan fingerprint density at radius 3 is 2.44 bits per heavy atom. The Hall–Kier alpha value is -2.91. The number of rotatable bonds is 11. The smallest absolute Gasteiger partial charge is 0.311 e. The van der Waals surface area contributed by atoms with E-state index in [-0.39, 0.29) is 35.4 Å². The first-order chi connectivity index (χ1) is 16.3. The molecule has 1 aliphatic rings. The second kappa shape index (κ2) is 12.0. The van der Waals surface area contributed by atoms with Gasteiger partial charge in [-0.3, -0.25) is 9.59 Å². The van der Waals surface area contributed by atoms with Crippen molar-refractivity contribution < 1.29 is 27.5 Å². The SMILES string of the molecule is CCOC(=O)C(CNC(=O)c1ccc(OC)c(S(=O)(=O)NC2CCCC2)c1)Cc1ccccc1. The van der Waals surface area contributed by atoms with Gasteiger partial charge >= 0.3 is 5.97 Å². The lowest BCUT2D eigenvalue weighted by atomic mass is 9.99. The molecule has 0 spiro atoms. The monoisotopic (exact) mass is 488 g/mol. The number of ether oxygens (including phenoxy) is 2. The van der Waals surface area contributed by atoms with Crippen molar-refractivity contribution >= 4 is 21.9 Å². The van der Waals surface area contributed by atoms with E-state index in [2.05, 4.69) is 10.0 Å². The molecule has 34 heavy (non-hydrogen) atoms. The molecule has 1 atom stereocenters. The van der Waals surface area contributed by atoms with Crippen molar-refractivity contribution in [2.75, 3.05) is 20.3 Å². The molecule has 2 aromatic rings. The van der Waals surface area contributed by atoms with Crippen LogP contribution in [0, 0.1) is 5.92 Å². The fourth-order valence-electron chi connectivity index (χ4n) is 4.07. The Balaban J connectivity index is 1.74. The molecule has 1 aliphatic carbocycles. The molecule has 8 nitrogen and oxygen atoms in total. The fraction of sp³-hybridized carbons (Fsp3) is 0.440. The normalized spacial score (nSPS) is 15.0. The molecule has 2 aromatic carbocycles. The maximum absolute atomic E-state index is 13.0. The molecule has 1 unspecified atom stereocenters. The highest BCUT2D eigenvalue weighted by atomic mass is 32.2. The lowest BCUT2D eigenvalue weighted by Crippen LogP contribution is -2.35. The maximum atomic E-state index is 13.0. The minimum Gasteiger partial charge on any atom is -0.495 e. The van der Waals surface area contributed by atoms with Crippen molar-refractivity contribution in [1.29, 1.82) is 0 Å². The predicted molar refractivity (Wildman–Crippen MR) is 128 cm³/mol. The Bertz CT molecular complexity index is 1080. The second-order valence-electron chi connectivity index (χ2n) is 8.32. The number of hydrogen-bond donors (Lipinski definition) is 2. The summed E-state index contributed by atoms with van der Waals surface area (Å²) in [6, 6.07) is 13.6. The van der Waals surface area contributed by atoms with Gasteiger partial charge in [0.05, 0.1) is 19.6 Å². The molecular weight excluding hydrogens is 456 g/mol. The first-order valence-corrected chi connectivity index (χ1v) is 13.0. The van der Waals surface area contributed by atoms with Crippen LogP contribution in [0.25, 0.3) is 0 Å². The van der Waals surface area contributed by atoms with Gasteiger partial charge in [-0.05, 0) is 49.9 Å². The molecule has 0 saturated heterocycles. The van der Waals surface area contributed by atoms with Crippen molar-refractivity contribution in [3.8, 4) is 5.75 Å². The molecule has 0 heterocycles. The molecule has 2 N–H and O–H groups in total. The summed E-state index contributed by atoms with van der Waals surface area (Å²) in [5, 5.41) is 2.75. The van der Waals surface area contributed by atoms with E-state index in [1.54, 1.807) is 6.92 Å². The summed E-state index contributed by atoms with van der Waals surface area (Å²) in [5.41, 5.74) is 1.11. The minimum absolute atomic E-state index is 0.0565. The summed E-state index contributed by atoms with van der Waals surface area (Å²) in [5.74, 6) is -1.29. The van der Waals surface area contributed by atoms with Gasteiger partial charge in [-0.1, -0.05) is 43.2 Å². The van der Waals surface area contributed by atoms with E-state index >= 15 is 0 Å². The number of nitrogens with one attached hydrogen (secondary N) is 2. The third-order valence-corrected chi connectivity index (χ3v) is 7.39. The molecular formula is C25H32N2O6S. The van der Waals surface area contributed by atoms with Crippen LogP contribution in [0.5, 0.6) is 5.75 Å². The van der Waals surface area contributed by atoms with Gasteiger partial charge in [-0.2, -0.15) is 0 Å². The molecule has 0 aromatic heterocycles. The van der Waals surface area contributed by atoms with Crippen molar-refractivity contribution in [1.82, 2.24) is 10.0 Å². The standard InChI is InChI=1S/C25H32N2O6S/c1-3-33-25(29)20(15-18-9-5-4-6-10-18)17-26-24(28)19-13-14-22(32-2)23(16-19)34(30,31)27-21-11-7-8-12-21/h4-6,9-10,13-14,16,20-21,27H,3,7-8,11-12,15,17H2,1-2H3,(H,26,28). The van der Waals surface area contributed by atoms with Crippen LogP contribution >= 0.6 is 0 Å². The number of hydrogen-bond acceptors (Lipinski definition) is 6. The first-order valence-electron chi connectivity index (χ1n) is 11.5. The highest BCUT2D eigenvalue weighted by molar-refractivity contribution is 7.89. The summed E-state index contributed by atoms with van der Waals surface area (Å²) in [6.45, 7) is 2.03. The van der Waals surface area contributed by atoms with Crippen LogP contribution in [0.4, 0.5) is 0 Å². The first kappa shape index (κ1) is 25.7. The van der Waals surface area contributed by atoms with E-state index < -0.39 is 27.8 Å². The maximum Gasteiger partial charge on any atom is 0.311 e. The third kappa shape index (κ3) is 6.80. The molecule has 184 valence electrons. The Kier molecular flexibility index (Phi) is 9.06. The number of benzene rings is 2. The quantitative estimate of drug-likeness (QED) is 0.471. The molecule has 3 rings (SSSR count). The van der Waals surface area contributed by atoms with Crippen LogP contribution in [-0.4, -0.2) is 46.6 Å². The highest BCUT2D eigenvalue weighted by Crippen LogP contribution is 2.27. The van der Waals surface area contributed by atoms with Crippen molar-refractivity contribution in [2.24, 2.45) is 5.92 Å². The van der Waals surface area contributed by atoms with Crippen LogP contribution in [0.15, 0.2) is 53.4 Å². The zero-order chi connectivity index (χ0) is 24.6. The summed E-state index contributed by atoms with van der Waals surface area (Å²) in [6.07, 6.45) is 3.96. The minimum atomic E-state index is -3.86. The van der Waals surface area contributed by atoms with Crippen LogP contribution in [0.3, 0.4) is 0 Å². The summed E-state index contributed by atoms with van der Waals surface area (Å²) < 4.78 is 39.1. The molecule has 0 bridgehead atoms. The number of carbonyl (C=O) groups excluding carboxylic acids is 2. The van der Waals surface area contributed by atoms with Crippen molar-refractivity contribution in [3.63, 3.8) is 0 Å². The van der Waals surface area contributed by atoms with Gasteiger partial charge in [0.1, 0.15) is 10.6 Å². The predicted octanol–water partition coefficient (Wildman–Crippen LogP) is 3.07. The third-order valence-electron chi connectivity index (χ3n) is 5.85. The average molecular weight is 489 g/mol. The fourth-order valence-corrected chi connectivity index (χ4v) is 5.57. The molecule has 1 fully saturated rings. The number of amides is 1. The number of methoxy groups -OCH3 is 1. The largest absolute Gasteiger partial charge is 0.495 e. The topological polar surface area (TPSA) is 111 Å². The van der Waals surface area contributed by atoms with E-state index in [9.17, 15) is 18.0 Å². The molecule has 0 aliphatic heterocycles. The number of sulfonamides is 1. The summed E-state index contributed by atoms with van der Waals surface area (Å²) in [7, 11) is -2.48. The number of esters is 1. The van der Waals surface area contributed by atoms with Crippen LogP contribution in [0.1, 0.15) is 48.5 Å². The Morgan fingerprint density at radius 2 is 1.79 bits per heavy atom. The van der Waals surface area contributed by atoms with Gasteiger partial charge in [0.25, 0.3) is 5.91 Å². The summed E-state index contributed by atoms with van der Waals surface area (Å²) in [4.78, 5) is 25.3. The molecule has 0 radical (unpaired) electrons. The van der Waals surface area contributed by atoms with Gasteiger partial charge in [-0.25, -0.2) is 13.1 Å². The average Bonchev–Trinajstić information content (AvgIpc) is 3.34. The second-order valence-corrected chi connectivity index (χ2v) is 10.00. The van der Waals surface area contributed by atoms with Crippen LogP contribution in [0.2, 0.25) is 0 Å². The van der Waals surface area contributed by atoms with Gasteiger partial charge in [0.15, 0.2) is 0 Å². The van der Waals surface area contributed by atoms with Crippen LogP contribution < -0.4 is 14.8 Å². The van der Waals surface area contributed by atoms with Gasteiger partial charge in [0.2, 0.25) is 10.0 Å². The van der Waals surface area contributed by atoms with Crippen molar-refractivity contribution in [3.05, 3.63) is 59.7 Å². The lowest BCUT2D eigenvalue weighted by molar-refractivity contribution is -0.147. The molecule has 1 saturated carbocycles. The van der Waals surface area contributed by atoms with Crippen LogP contribution in [-0.2, 0) is 26.0 Å². The van der Waals surface area contributed by atoms with E-state index in [1.807, 2.05) is 30.3 Å². The van der Waals surface area contributed by atoms with E-state index in [1.165, 1.54) is 25.3 Å². The molecule has 1 amide bonds. The van der Waals surface area contributed by atoms with Gasteiger partial charge in [0, 0.05) is 18.2 Å². The van der Waals surface area contributed by atoms with E-state index in [0.29, 0.717) is 6.42 Å². The van der Waals surface area contributed by atoms with Crippen molar-refractivity contribution in [2.45, 2.75) is 50.0 Å². The lowest BCUT2D eigenvalue weighted by Gasteiger charge is -2.18. The Labute approximate surface area is 201 Å². The van der Waals surface area contributed by atoms with E-state index in [4.69, 9.17) is 9.47 Å². The summed E-state index contributed by atoms with van der Waals surface area (Å²) >= 11 is 0. The van der Waals surface area contributed by atoms with E-state index in [0.717, 1.165) is 31.2 Å². The molecule has 9 heteroatoms. The Morgan fingerprint density at radius 1 is 1.09 bits per heavy atom. The zero-order valence-electron chi connectivity index (χ0n) is 19.6. The number of carbonyl (C=O) groups is 2.